The summed E-state index contributed by atoms with van der Waals surface area (Å²) in [5.74, 6) is -1.16. The van der Waals surface area contributed by atoms with Crippen LogP contribution >= 0.6 is 0 Å². The van der Waals surface area contributed by atoms with Crippen LogP contribution in [0, 0.1) is 11.8 Å². The van der Waals surface area contributed by atoms with Crippen molar-refractivity contribution in [3.63, 3.8) is 0 Å². The van der Waals surface area contributed by atoms with Gasteiger partial charge in [-0.05, 0) is 52.4 Å². The lowest BCUT2D eigenvalue weighted by atomic mass is 9.79. The number of carboxylic acids is 1. The van der Waals surface area contributed by atoms with Gasteiger partial charge in [-0.3, -0.25) is 4.79 Å². The van der Waals surface area contributed by atoms with Crippen LogP contribution in [-0.4, -0.2) is 35.5 Å². The second kappa shape index (κ2) is 6.90. The molecule has 5 nitrogen and oxygen atoms in total. The van der Waals surface area contributed by atoms with Crippen LogP contribution in [0.3, 0.4) is 0 Å². The van der Waals surface area contributed by atoms with E-state index in [0.29, 0.717) is 25.7 Å². The Morgan fingerprint density at radius 1 is 1.30 bits per heavy atom. The zero-order valence-corrected chi connectivity index (χ0v) is 12.3. The second-order valence-corrected chi connectivity index (χ2v) is 6.36. The number of aliphatic carboxylic acids is 1. The van der Waals surface area contributed by atoms with Crippen LogP contribution in [0.2, 0.25) is 0 Å². The van der Waals surface area contributed by atoms with Crippen molar-refractivity contribution in [1.29, 1.82) is 0 Å². The number of halogens is 1. The Bertz CT molecular complexity index is 346. The van der Waals surface area contributed by atoms with E-state index >= 15 is 0 Å². The van der Waals surface area contributed by atoms with Gasteiger partial charge in [-0.2, -0.15) is 0 Å². The predicted octanol–water partition coefficient (Wildman–Crippen LogP) is 2.74. The minimum atomic E-state index is -0.791. The Balaban J connectivity index is 2.47. The average Bonchev–Trinajstić information content (AvgIpc) is 2.34. The molecule has 1 aliphatic rings. The van der Waals surface area contributed by atoms with Gasteiger partial charge in [-0.25, -0.2) is 9.18 Å². The molecule has 116 valence electrons. The van der Waals surface area contributed by atoms with Gasteiger partial charge in [0.1, 0.15) is 12.3 Å². The first-order valence-corrected chi connectivity index (χ1v) is 7.01. The number of carboxylic acid groups (broad SMARTS) is 1. The van der Waals surface area contributed by atoms with Gasteiger partial charge < -0.3 is 15.2 Å². The normalized spacial score (nSPS) is 24.8. The fourth-order valence-electron chi connectivity index (χ4n) is 2.51. The standard InChI is InChI=1S/C14H24FNO4/c1-14(2,3)20-13(19)16-11(8-15)9-4-6-10(7-5-9)12(17)18/h9-11H,4-8H2,1-3H3,(H,16,19)(H,17,18)/t9?,10?,11-/m1/s1. The summed E-state index contributed by atoms with van der Waals surface area (Å²) < 4.78 is 18.2. The number of hydrogen-bond donors (Lipinski definition) is 2. The van der Waals surface area contributed by atoms with E-state index < -0.39 is 30.4 Å². The van der Waals surface area contributed by atoms with Gasteiger partial charge in [0, 0.05) is 0 Å². The van der Waals surface area contributed by atoms with Crippen molar-refractivity contribution in [1.82, 2.24) is 5.32 Å². The third kappa shape index (κ3) is 5.35. The van der Waals surface area contributed by atoms with Crippen LogP contribution in [0.1, 0.15) is 46.5 Å². The summed E-state index contributed by atoms with van der Waals surface area (Å²) in [5.41, 5.74) is -0.619. The summed E-state index contributed by atoms with van der Waals surface area (Å²) in [5, 5.41) is 11.5. The van der Waals surface area contributed by atoms with E-state index in [4.69, 9.17) is 9.84 Å². The zero-order chi connectivity index (χ0) is 15.3. The smallest absolute Gasteiger partial charge is 0.407 e. The molecule has 0 aliphatic heterocycles. The molecule has 20 heavy (non-hydrogen) atoms. The molecule has 1 saturated carbocycles. The molecule has 1 atom stereocenters. The Kier molecular flexibility index (Phi) is 5.77. The summed E-state index contributed by atoms with van der Waals surface area (Å²) >= 11 is 0. The lowest BCUT2D eigenvalue weighted by molar-refractivity contribution is -0.143. The fraction of sp³-hybridized carbons (Fsp3) is 0.857. The van der Waals surface area contributed by atoms with Gasteiger partial charge in [0.25, 0.3) is 0 Å². The third-order valence-corrected chi connectivity index (χ3v) is 3.56. The Labute approximate surface area is 118 Å². The Morgan fingerprint density at radius 3 is 2.25 bits per heavy atom. The van der Waals surface area contributed by atoms with Crippen molar-refractivity contribution in [3.05, 3.63) is 0 Å². The fourth-order valence-corrected chi connectivity index (χ4v) is 2.51. The number of alkyl carbamates (subject to hydrolysis) is 1. The molecule has 0 unspecified atom stereocenters. The van der Waals surface area contributed by atoms with Crippen LogP contribution in [0.15, 0.2) is 0 Å². The molecule has 1 amide bonds. The number of nitrogens with one attached hydrogen (secondary N) is 1. The van der Waals surface area contributed by atoms with E-state index in [9.17, 15) is 14.0 Å². The number of carbonyl (C=O) groups is 2. The van der Waals surface area contributed by atoms with Crippen LogP contribution in [0.25, 0.3) is 0 Å². The highest BCUT2D eigenvalue weighted by atomic mass is 19.1. The maximum atomic E-state index is 13.1. The summed E-state index contributed by atoms with van der Waals surface area (Å²) in [4.78, 5) is 22.5. The van der Waals surface area contributed by atoms with E-state index in [-0.39, 0.29) is 11.8 Å². The predicted molar refractivity (Wildman–Crippen MR) is 72.2 cm³/mol. The molecule has 0 aromatic heterocycles. The van der Waals surface area contributed by atoms with Crippen LogP contribution < -0.4 is 5.32 Å². The van der Waals surface area contributed by atoms with Crippen molar-refractivity contribution in [2.75, 3.05) is 6.67 Å². The average molecular weight is 289 g/mol. The monoisotopic (exact) mass is 289 g/mol. The quantitative estimate of drug-likeness (QED) is 0.834. The van der Waals surface area contributed by atoms with Gasteiger partial charge in [-0.1, -0.05) is 0 Å². The Morgan fingerprint density at radius 2 is 1.85 bits per heavy atom. The van der Waals surface area contributed by atoms with Crippen molar-refractivity contribution in [2.24, 2.45) is 11.8 Å². The molecule has 0 heterocycles. The van der Waals surface area contributed by atoms with E-state index in [2.05, 4.69) is 5.32 Å². The number of rotatable bonds is 4. The molecule has 0 aromatic rings. The number of carbonyl (C=O) groups excluding carboxylic acids is 1. The van der Waals surface area contributed by atoms with Gasteiger partial charge in [0.15, 0.2) is 0 Å². The van der Waals surface area contributed by atoms with Gasteiger partial charge in [0.2, 0.25) is 0 Å². The molecule has 1 fully saturated rings. The van der Waals surface area contributed by atoms with E-state index in [1.165, 1.54) is 0 Å². The highest BCUT2D eigenvalue weighted by Gasteiger charge is 2.32. The lowest BCUT2D eigenvalue weighted by Gasteiger charge is -2.32. The van der Waals surface area contributed by atoms with E-state index in [1.807, 2.05) is 0 Å². The first kappa shape index (κ1) is 16.7. The van der Waals surface area contributed by atoms with E-state index in [1.54, 1.807) is 20.8 Å². The maximum Gasteiger partial charge on any atom is 0.407 e. The maximum absolute atomic E-state index is 13.1. The molecule has 2 N–H and O–H groups in total. The molecule has 6 heteroatoms. The molecule has 0 spiro atoms. The largest absolute Gasteiger partial charge is 0.481 e. The van der Waals surface area contributed by atoms with Gasteiger partial charge in [0.05, 0.1) is 12.0 Å². The molecule has 1 aliphatic carbocycles. The molecule has 0 radical (unpaired) electrons. The van der Waals surface area contributed by atoms with Gasteiger partial charge >= 0.3 is 12.1 Å². The van der Waals surface area contributed by atoms with Crippen LogP contribution in [0.5, 0.6) is 0 Å². The highest BCUT2D eigenvalue weighted by Crippen LogP contribution is 2.31. The van der Waals surface area contributed by atoms with Gasteiger partial charge in [-0.15, -0.1) is 0 Å². The SMILES string of the molecule is CC(C)(C)OC(=O)N[C@H](CF)C1CCC(C(=O)O)CC1. The summed E-state index contributed by atoms with van der Waals surface area (Å²) in [7, 11) is 0. The van der Waals surface area contributed by atoms with Crippen molar-refractivity contribution < 1.29 is 23.8 Å². The number of amides is 1. The Hall–Kier alpha value is -1.33. The second-order valence-electron chi connectivity index (χ2n) is 6.36. The van der Waals surface area contributed by atoms with Crippen molar-refractivity contribution >= 4 is 12.1 Å². The molecular formula is C14H24FNO4. The molecule has 0 saturated heterocycles. The first-order valence-electron chi connectivity index (χ1n) is 7.01. The van der Waals surface area contributed by atoms with Crippen LogP contribution in [-0.2, 0) is 9.53 Å². The number of alkyl halides is 1. The first-order chi connectivity index (χ1) is 9.23. The molecule has 0 aromatic carbocycles. The summed E-state index contributed by atoms with van der Waals surface area (Å²) in [6, 6.07) is -0.598. The van der Waals surface area contributed by atoms with Crippen molar-refractivity contribution in [2.45, 2.75) is 58.1 Å². The molecule has 0 bridgehead atoms. The zero-order valence-electron chi connectivity index (χ0n) is 12.3. The minimum Gasteiger partial charge on any atom is -0.481 e. The van der Waals surface area contributed by atoms with Crippen molar-refractivity contribution in [3.8, 4) is 0 Å². The topological polar surface area (TPSA) is 75.6 Å². The summed E-state index contributed by atoms with van der Waals surface area (Å²) in [6.45, 7) is 4.57. The highest BCUT2D eigenvalue weighted by molar-refractivity contribution is 5.70. The van der Waals surface area contributed by atoms with Crippen LogP contribution in [0.4, 0.5) is 9.18 Å². The minimum absolute atomic E-state index is 0.0249. The third-order valence-electron chi connectivity index (χ3n) is 3.56. The number of hydrogen-bond acceptors (Lipinski definition) is 3. The molecule has 1 rings (SSSR count). The molecular weight excluding hydrogens is 265 g/mol. The number of ether oxygens (including phenoxy) is 1. The van der Waals surface area contributed by atoms with E-state index in [0.717, 1.165) is 0 Å². The lowest BCUT2D eigenvalue weighted by Crippen LogP contribution is -2.45. The summed E-state index contributed by atoms with van der Waals surface area (Å²) in [6.07, 6.45) is 1.67.